The number of hydrogen-bond donors (Lipinski definition) is 3. The molecule has 0 bridgehead atoms. The van der Waals surface area contributed by atoms with E-state index in [0.717, 1.165) is 27.5 Å². The van der Waals surface area contributed by atoms with Crippen molar-refractivity contribution < 1.29 is 14.6 Å². The number of aliphatic hydroxyl groups excluding tert-OH is 1. The van der Waals surface area contributed by atoms with Crippen LogP contribution < -0.4 is 10.1 Å². The standard InChI is InChI=1S/C25H22N4O3/c1-32-20-8-9-22-21(13-20)24(28-27-22)25(31)26-19-7-6-18-10-11-29(23(18)12-19)14-16-2-4-17(15-30)5-3-16/h2-13,30H,14-15H2,1H3,(H,26,31)(H,27,28). The Morgan fingerprint density at radius 2 is 1.88 bits per heavy atom. The minimum atomic E-state index is -0.290. The van der Waals surface area contributed by atoms with Crippen molar-refractivity contribution in [3.05, 3.63) is 89.7 Å². The SMILES string of the molecule is COc1ccc2[nH]nc(C(=O)Nc3ccc4ccn(Cc5ccc(CO)cc5)c4c3)c2c1. The van der Waals surface area contributed by atoms with Gasteiger partial charge in [-0.3, -0.25) is 9.89 Å². The van der Waals surface area contributed by atoms with Gasteiger partial charge in [-0.05, 0) is 52.9 Å². The molecule has 0 saturated heterocycles. The fourth-order valence-corrected chi connectivity index (χ4v) is 3.83. The number of fused-ring (bicyclic) bond motifs is 2. The molecule has 0 spiro atoms. The topological polar surface area (TPSA) is 92.2 Å². The second-order valence-electron chi connectivity index (χ2n) is 7.63. The summed E-state index contributed by atoms with van der Waals surface area (Å²) in [5.41, 5.74) is 4.82. The molecule has 0 fully saturated rings. The molecule has 5 rings (SSSR count). The number of aromatic amines is 1. The Balaban J connectivity index is 1.41. The number of nitrogens with one attached hydrogen (secondary N) is 2. The fraction of sp³-hybridized carbons (Fsp3) is 0.120. The lowest BCUT2D eigenvalue weighted by atomic mass is 10.1. The van der Waals surface area contributed by atoms with Crippen LogP contribution in [-0.2, 0) is 13.2 Å². The van der Waals surface area contributed by atoms with Gasteiger partial charge >= 0.3 is 0 Å². The van der Waals surface area contributed by atoms with Crippen LogP contribution in [0.3, 0.4) is 0 Å². The summed E-state index contributed by atoms with van der Waals surface area (Å²) < 4.78 is 7.40. The van der Waals surface area contributed by atoms with Crippen molar-refractivity contribution in [3.63, 3.8) is 0 Å². The number of amides is 1. The highest BCUT2D eigenvalue weighted by atomic mass is 16.5. The summed E-state index contributed by atoms with van der Waals surface area (Å²) >= 11 is 0. The fourth-order valence-electron chi connectivity index (χ4n) is 3.83. The van der Waals surface area contributed by atoms with Gasteiger partial charge in [-0.1, -0.05) is 30.3 Å². The molecule has 2 aromatic heterocycles. The average molecular weight is 426 g/mol. The molecule has 0 aliphatic rings. The predicted molar refractivity (Wildman–Crippen MR) is 124 cm³/mol. The number of H-pyrrole nitrogens is 1. The summed E-state index contributed by atoms with van der Waals surface area (Å²) in [6, 6.07) is 21.2. The number of hydrogen-bond acceptors (Lipinski definition) is 4. The highest BCUT2D eigenvalue weighted by Gasteiger charge is 2.15. The van der Waals surface area contributed by atoms with Crippen molar-refractivity contribution in [3.8, 4) is 5.75 Å². The molecule has 32 heavy (non-hydrogen) atoms. The lowest BCUT2D eigenvalue weighted by molar-refractivity contribution is 0.102. The number of benzene rings is 3. The van der Waals surface area contributed by atoms with Gasteiger partial charge in [-0.15, -0.1) is 0 Å². The van der Waals surface area contributed by atoms with Crippen LogP contribution in [0, 0.1) is 0 Å². The zero-order valence-electron chi connectivity index (χ0n) is 17.5. The summed E-state index contributed by atoms with van der Waals surface area (Å²) in [5, 5.41) is 21.1. The first kappa shape index (κ1) is 19.8. The summed E-state index contributed by atoms with van der Waals surface area (Å²) in [7, 11) is 1.59. The second kappa shape index (κ2) is 8.20. The third-order valence-electron chi connectivity index (χ3n) is 5.58. The number of carbonyl (C=O) groups excluding carboxylic acids is 1. The molecular formula is C25H22N4O3. The third-order valence-corrected chi connectivity index (χ3v) is 5.58. The molecule has 7 heteroatoms. The van der Waals surface area contributed by atoms with Crippen molar-refractivity contribution in [1.82, 2.24) is 14.8 Å². The van der Waals surface area contributed by atoms with E-state index >= 15 is 0 Å². The Morgan fingerprint density at radius 1 is 1.06 bits per heavy atom. The van der Waals surface area contributed by atoms with E-state index in [2.05, 4.69) is 26.1 Å². The first-order chi connectivity index (χ1) is 15.6. The largest absolute Gasteiger partial charge is 0.497 e. The number of nitrogens with zero attached hydrogens (tertiary/aromatic N) is 2. The number of methoxy groups -OCH3 is 1. The number of ether oxygens (including phenoxy) is 1. The van der Waals surface area contributed by atoms with Gasteiger partial charge in [0.25, 0.3) is 5.91 Å². The summed E-state index contributed by atoms with van der Waals surface area (Å²) in [6.07, 6.45) is 2.03. The van der Waals surface area contributed by atoms with Crippen molar-refractivity contribution in [2.45, 2.75) is 13.2 Å². The molecule has 0 saturated carbocycles. The Bertz CT molecular complexity index is 1420. The lowest BCUT2D eigenvalue weighted by Gasteiger charge is -2.09. The smallest absolute Gasteiger partial charge is 0.276 e. The first-order valence-electron chi connectivity index (χ1n) is 10.3. The van der Waals surface area contributed by atoms with E-state index in [9.17, 15) is 9.90 Å². The van der Waals surface area contributed by atoms with Crippen LogP contribution in [0.1, 0.15) is 21.6 Å². The van der Waals surface area contributed by atoms with E-state index < -0.39 is 0 Å². The molecule has 0 atom stereocenters. The van der Waals surface area contributed by atoms with Gasteiger partial charge in [0.05, 0.1) is 24.8 Å². The first-order valence-corrected chi connectivity index (χ1v) is 10.3. The zero-order valence-corrected chi connectivity index (χ0v) is 17.5. The van der Waals surface area contributed by atoms with E-state index in [0.29, 0.717) is 29.1 Å². The molecule has 3 N–H and O–H groups in total. The average Bonchev–Trinajstić information content (AvgIpc) is 3.43. The van der Waals surface area contributed by atoms with Crippen LogP contribution in [0.2, 0.25) is 0 Å². The summed E-state index contributed by atoms with van der Waals surface area (Å²) in [5.74, 6) is 0.376. The van der Waals surface area contributed by atoms with Gasteiger partial charge in [0.1, 0.15) is 5.75 Å². The maximum atomic E-state index is 12.9. The quantitative estimate of drug-likeness (QED) is 0.377. The molecule has 0 aliphatic carbocycles. The normalized spacial score (nSPS) is 11.2. The maximum absolute atomic E-state index is 12.9. The molecule has 0 aliphatic heterocycles. The van der Waals surface area contributed by atoms with Crippen molar-refractivity contribution in [2.75, 3.05) is 12.4 Å². The second-order valence-corrected chi connectivity index (χ2v) is 7.63. The minimum absolute atomic E-state index is 0.0356. The van der Waals surface area contributed by atoms with Crippen molar-refractivity contribution in [1.29, 1.82) is 0 Å². The highest BCUT2D eigenvalue weighted by molar-refractivity contribution is 6.11. The Kier molecular flexibility index (Phi) is 5.09. The Morgan fingerprint density at radius 3 is 2.66 bits per heavy atom. The van der Waals surface area contributed by atoms with Gasteiger partial charge < -0.3 is 19.7 Å². The van der Waals surface area contributed by atoms with Gasteiger partial charge in [0.15, 0.2) is 5.69 Å². The highest BCUT2D eigenvalue weighted by Crippen LogP contribution is 2.25. The summed E-state index contributed by atoms with van der Waals surface area (Å²) in [4.78, 5) is 12.9. The number of anilines is 1. The van der Waals surface area contributed by atoms with Gasteiger partial charge in [0, 0.05) is 23.8 Å². The summed E-state index contributed by atoms with van der Waals surface area (Å²) in [6.45, 7) is 0.726. The van der Waals surface area contributed by atoms with Crippen molar-refractivity contribution in [2.24, 2.45) is 0 Å². The predicted octanol–water partition coefficient (Wildman–Crippen LogP) is 4.32. The lowest BCUT2D eigenvalue weighted by Crippen LogP contribution is -2.13. The monoisotopic (exact) mass is 426 g/mol. The van der Waals surface area contributed by atoms with Crippen molar-refractivity contribution >= 4 is 33.4 Å². The molecule has 1 amide bonds. The van der Waals surface area contributed by atoms with E-state index in [1.165, 1.54) is 0 Å². The van der Waals surface area contributed by atoms with Crippen LogP contribution >= 0.6 is 0 Å². The number of aliphatic hydroxyl groups is 1. The molecule has 3 aromatic carbocycles. The van der Waals surface area contributed by atoms with E-state index in [-0.39, 0.29) is 12.5 Å². The third kappa shape index (κ3) is 3.70. The van der Waals surface area contributed by atoms with Crippen LogP contribution in [0.25, 0.3) is 21.8 Å². The molecular weight excluding hydrogens is 404 g/mol. The van der Waals surface area contributed by atoms with Gasteiger partial charge in [0.2, 0.25) is 0 Å². The number of rotatable bonds is 6. The molecule has 0 unspecified atom stereocenters. The number of carbonyl (C=O) groups is 1. The van der Waals surface area contributed by atoms with Crippen LogP contribution in [0.5, 0.6) is 5.75 Å². The Hall–Kier alpha value is -4.10. The van der Waals surface area contributed by atoms with E-state index in [1.807, 2.05) is 60.8 Å². The molecule has 2 heterocycles. The van der Waals surface area contributed by atoms with Gasteiger partial charge in [-0.2, -0.15) is 5.10 Å². The van der Waals surface area contributed by atoms with Crippen LogP contribution in [0.4, 0.5) is 5.69 Å². The molecule has 160 valence electrons. The molecule has 7 nitrogen and oxygen atoms in total. The van der Waals surface area contributed by atoms with E-state index in [4.69, 9.17) is 4.74 Å². The Labute approximate surface area is 184 Å². The maximum Gasteiger partial charge on any atom is 0.276 e. The van der Waals surface area contributed by atoms with Crippen LogP contribution in [0.15, 0.2) is 72.9 Å². The molecule has 0 radical (unpaired) electrons. The van der Waals surface area contributed by atoms with E-state index in [1.54, 1.807) is 13.2 Å². The van der Waals surface area contributed by atoms with Crippen LogP contribution in [-0.4, -0.2) is 32.9 Å². The minimum Gasteiger partial charge on any atom is -0.497 e. The zero-order chi connectivity index (χ0) is 22.1. The number of aromatic nitrogens is 3. The van der Waals surface area contributed by atoms with Gasteiger partial charge in [-0.25, -0.2) is 0 Å². The molecule has 5 aromatic rings.